The quantitative estimate of drug-likeness (QED) is 0.813. The maximum atomic E-state index is 11.6. The van der Waals surface area contributed by atoms with Crippen molar-refractivity contribution in [3.05, 3.63) is 29.5 Å². The van der Waals surface area contributed by atoms with E-state index in [0.717, 1.165) is 48.9 Å². The lowest BCUT2D eigenvalue weighted by atomic mass is 9.98. The second-order valence-corrected chi connectivity index (χ2v) is 6.08. The highest BCUT2D eigenvalue weighted by atomic mass is 32.1. The van der Waals surface area contributed by atoms with Gasteiger partial charge in [-0.15, -0.1) is 11.3 Å². The number of hydrogen-bond donors (Lipinski definition) is 0. The van der Waals surface area contributed by atoms with Crippen LogP contribution >= 0.6 is 11.3 Å². The zero-order valence-electron chi connectivity index (χ0n) is 11.9. The molecule has 0 N–H and O–H groups in total. The number of carbonyl (C=O) groups is 1. The molecule has 0 radical (unpaired) electrons. The smallest absolute Gasteiger partial charge is 0.309 e. The molecule has 1 atom stereocenters. The number of piperidine rings is 1. The maximum absolute atomic E-state index is 11.6. The van der Waals surface area contributed by atoms with E-state index >= 15 is 0 Å². The normalized spacial score (nSPS) is 19.6. The molecular formula is C15H18N2O3S. The summed E-state index contributed by atoms with van der Waals surface area (Å²) in [6.45, 7) is 2.52. The Balaban J connectivity index is 1.62. The first kappa shape index (κ1) is 14.3. The second kappa shape index (κ2) is 6.41. The minimum atomic E-state index is -0.103. The summed E-state index contributed by atoms with van der Waals surface area (Å²) in [5.74, 6) is 0.693. The van der Waals surface area contributed by atoms with Gasteiger partial charge in [-0.3, -0.25) is 9.69 Å². The van der Waals surface area contributed by atoms with Gasteiger partial charge in [0.2, 0.25) is 0 Å². The van der Waals surface area contributed by atoms with E-state index in [9.17, 15) is 4.79 Å². The molecule has 3 heterocycles. The molecule has 1 aliphatic heterocycles. The van der Waals surface area contributed by atoms with Crippen molar-refractivity contribution in [3.63, 3.8) is 0 Å². The first-order valence-corrected chi connectivity index (χ1v) is 7.92. The molecule has 5 nitrogen and oxygen atoms in total. The highest BCUT2D eigenvalue weighted by Gasteiger charge is 2.26. The molecule has 1 fully saturated rings. The molecule has 1 saturated heterocycles. The minimum Gasteiger partial charge on any atom is -0.469 e. The van der Waals surface area contributed by atoms with Crippen LogP contribution in [0.1, 0.15) is 18.5 Å². The topological polar surface area (TPSA) is 55.6 Å². The fraction of sp³-hybridized carbons (Fsp3) is 0.467. The Kier molecular flexibility index (Phi) is 4.36. The molecule has 2 aromatic heterocycles. The average molecular weight is 306 g/mol. The van der Waals surface area contributed by atoms with E-state index in [-0.39, 0.29) is 11.9 Å². The summed E-state index contributed by atoms with van der Waals surface area (Å²) in [4.78, 5) is 18.5. The number of thiazole rings is 1. The first-order chi connectivity index (χ1) is 10.3. The molecule has 2 aromatic rings. The summed E-state index contributed by atoms with van der Waals surface area (Å²) in [6.07, 6.45) is 3.59. The van der Waals surface area contributed by atoms with Crippen LogP contribution in [0.2, 0.25) is 0 Å². The summed E-state index contributed by atoms with van der Waals surface area (Å²) < 4.78 is 10.2. The number of likely N-dealkylation sites (tertiary alicyclic amines) is 1. The van der Waals surface area contributed by atoms with E-state index in [0.29, 0.717) is 0 Å². The Bertz CT molecular complexity index is 594. The van der Waals surface area contributed by atoms with E-state index in [1.165, 1.54) is 7.11 Å². The first-order valence-electron chi connectivity index (χ1n) is 7.04. The Hall–Kier alpha value is -1.66. The van der Waals surface area contributed by atoms with Gasteiger partial charge in [-0.2, -0.15) is 0 Å². The van der Waals surface area contributed by atoms with Gasteiger partial charge in [0.05, 0.1) is 25.0 Å². The Morgan fingerprint density at radius 2 is 2.52 bits per heavy atom. The molecule has 0 saturated carbocycles. The number of nitrogens with zero attached hydrogens (tertiary/aromatic N) is 2. The minimum absolute atomic E-state index is 0.00747. The lowest BCUT2D eigenvalue weighted by molar-refractivity contribution is -0.147. The number of carbonyl (C=O) groups excluding carboxylic acids is 1. The molecule has 0 spiro atoms. The third-order valence-electron chi connectivity index (χ3n) is 3.71. The lowest BCUT2D eigenvalue weighted by Gasteiger charge is -2.30. The van der Waals surface area contributed by atoms with Gasteiger partial charge >= 0.3 is 5.97 Å². The van der Waals surface area contributed by atoms with Gasteiger partial charge in [-0.1, -0.05) is 0 Å². The number of esters is 1. The molecule has 0 unspecified atom stereocenters. The van der Waals surface area contributed by atoms with Crippen LogP contribution < -0.4 is 0 Å². The second-order valence-electron chi connectivity index (χ2n) is 5.22. The van der Waals surface area contributed by atoms with Crippen LogP contribution in [-0.4, -0.2) is 36.1 Å². The van der Waals surface area contributed by atoms with Crippen molar-refractivity contribution >= 4 is 17.3 Å². The van der Waals surface area contributed by atoms with Crippen LogP contribution in [0.4, 0.5) is 0 Å². The van der Waals surface area contributed by atoms with E-state index in [4.69, 9.17) is 9.15 Å². The SMILES string of the molecule is COC(=O)[C@H]1CCCN(Cc2csc(-c3ccco3)n2)C1. The summed E-state index contributed by atoms with van der Waals surface area (Å²) in [6, 6.07) is 3.78. The summed E-state index contributed by atoms with van der Waals surface area (Å²) in [5.41, 5.74) is 1.02. The Morgan fingerprint density at radius 3 is 3.29 bits per heavy atom. The van der Waals surface area contributed by atoms with Gasteiger partial charge in [0.25, 0.3) is 0 Å². The maximum Gasteiger partial charge on any atom is 0.309 e. The van der Waals surface area contributed by atoms with Crippen LogP contribution in [-0.2, 0) is 16.1 Å². The van der Waals surface area contributed by atoms with E-state index in [1.807, 2.05) is 12.1 Å². The summed E-state index contributed by atoms with van der Waals surface area (Å²) in [5, 5.41) is 2.95. The zero-order valence-corrected chi connectivity index (χ0v) is 12.8. The lowest BCUT2D eigenvalue weighted by Crippen LogP contribution is -2.38. The van der Waals surface area contributed by atoms with Crippen molar-refractivity contribution < 1.29 is 13.9 Å². The molecule has 6 heteroatoms. The third-order valence-corrected chi connectivity index (χ3v) is 4.62. The summed E-state index contributed by atoms with van der Waals surface area (Å²) in [7, 11) is 1.46. The predicted molar refractivity (Wildman–Crippen MR) is 79.8 cm³/mol. The zero-order chi connectivity index (χ0) is 14.7. The van der Waals surface area contributed by atoms with Gasteiger partial charge < -0.3 is 9.15 Å². The van der Waals surface area contributed by atoms with Crippen molar-refractivity contribution in [1.29, 1.82) is 0 Å². The average Bonchev–Trinajstić information content (AvgIpc) is 3.17. The standard InChI is InChI=1S/C15H18N2O3S/c1-19-15(18)11-4-2-6-17(8-11)9-12-10-21-14(16-12)13-5-3-7-20-13/h3,5,7,10-11H,2,4,6,8-9H2,1H3/t11-/m0/s1. The van der Waals surface area contributed by atoms with Crippen LogP contribution in [0, 0.1) is 5.92 Å². The van der Waals surface area contributed by atoms with E-state index in [1.54, 1.807) is 17.6 Å². The number of methoxy groups -OCH3 is 1. The van der Waals surface area contributed by atoms with Crippen LogP contribution in [0.15, 0.2) is 28.2 Å². The van der Waals surface area contributed by atoms with E-state index < -0.39 is 0 Å². The Labute approximate surface area is 127 Å². The third kappa shape index (κ3) is 3.33. The number of aromatic nitrogens is 1. The van der Waals surface area contributed by atoms with Crippen molar-refractivity contribution in [2.45, 2.75) is 19.4 Å². The largest absolute Gasteiger partial charge is 0.469 e. The molecule has 0 amide bonds. The van der Waals surface area contributed by atoms with Crippen molar-refractivity contribution in [1.82, 2.24) is 9.88 Å². The van der Waals surface area contributed by atoms with Gasteiger partial charge in [0, 0.05) is 18.5 Å². The molecule has 0 bridgehead atoms. The monoisotopic (exact) mass is 306 g/mol. The molecule has 112 valence electrons. The number of ether oxygens (including phenoxy) is 1. The molecule has 1 aliphatic rings. The molecular weight excluding hydrogens is 288 g/mol. The molecule has 0 aromatic carbocycles. The van der Waals surface area contributed by atoms with Crippen molar-refractivity contribution in [2.24, 2.45) is 5.92 Å². The highest BCUT2D eigenvalue weighted by molar-refractivity contribution is 7.13. The fourth-order valence-corrected chi connectivity index (χ4v) is 3.46. The van der Waals surface area contributed by atoms with Gasteiger partial charge in [-0.25, -0.2) is 4.98 Å². The van der Waals surface area contributed by atoms with Crippen molar-refractivity contribution in [2.75, 3.05) is 20.2 Å². The van der Waals surface area contributed by atoms with Gasteiger partial charge in [0.1, 0.15) is 0 Å². The highest BCUT2D eigenvalue weighted by Crippen LogP contribution is 2.25. The van der Waals surface area contributed by atoms with Gasteiger partial charge in [0.15, 0.2) is 10.8 Å². The predicted octanol–water partition coefficient (Wildman–Crippen LogP) is 2.79. The number of rotatable bonds is 4. The van der Waals surface area contributed by atoms with Crippen LogP contribution in [0.5, 0.6) is 0 Å². The van der Waals surface area contributed by atoms with Gasteiger partial charge in [-0.05, 0) is 31.5 Å². The molecule has 0 aliphatic carbocycles. The summed E-state index contributed by atoms with van der Waals surface area (Å²) >= 11 is 1.58. The molecule has 3 rings (SSSR count). The van der Waals surface area contributed by atoms with Crippen LogP contribution in [0.25, 0.3) is 10.8 Å². The van der Waals surface area contributed by atoms with Crippen LogP contribution in [0.3, 0.4) is 0 Å². The number of hydrogen-bond acceptors (Lipinski definition) is 6. The molecule has 21 heavy (non-hydrogen) atoms. The fourth-order valence-electron chi connectivity index (χ4n) is 2.68. The van der Waals surface area contributed by atoms with Crippen molar-refractivity contribution in [3.8, 4) is 10.8 Å². The van der Waals surface area contributed by atoms with E-state index in [2.05, 4.69) is 15.3 Å². The Morgan fingerprint density at radius 1 is 1.62 bits per heavy atom. The number of furan rings is 1.